The maximum Gasteiger partial charge on any atom is 0.337 e. The van der Waals surface area contributed by atoms with Gasteiger partial charge in [-0.2, -0.15) is 0 Å². The Bertz CT molecular complexity index is 393. The molecule has 0 unspecified atom stereocenters. The van der Waals surface area contributed by atoms with E-state index in [1.165, 1.54) is 6.26 Å². The van der Waals surface area contributed by atoms with Crippen LogP contribution in [0.25, 0.3) is 0 Å². The third-order valence-corrected chi connectivity index (χ3v) is 2.01. The molecule has 0 atom stereocenters. The molecular weight excluding hydrogens is 216 g/mol. The second-order valence-corrected chi connectivity index (χ2v) is 3.48. The van der Waals surface area contributed by atoms with Gasteiger partial charge < -0.3 is 9.47 Å². The van der Waals surface area contributed by atoms with Crippen LogP contribution in [0, 0.1) is 0 Å². The lowest BCUT2D eigenvalue weighted by molar-refractivity contribution is -0.140. The highest BCUT2D eigenvalue weighted by atomic mass is 16.5. The molecule has 0 amide bonds. The lowest BCUT2D eigenvalue weighted by atomic mass is 10.2. The van der Waals surface area contributed by atoms with Crippen LogP contribution in [0.15, 0.2) is 54.8 Å². The molecule has 3 nitrogen and oxygen atoms in total. The fourth-order valence-electron chi connectivity index (χ4n) is 1.13. The quantitative estimate of drug-likeness (QED) is 0.249. The summed E-state index contributed by atoms with van der Waals surface area (Å²) in [5, 5.41) is 0. The monoisotopic (exact) mass is 232 g/mol. The molecule has 0 aliphatic heterocycles. The average Bonchev–Trinajstić information content (AvgIpc) is 2.37. The maximum atomic E-state index is 11.5. The molecule has 0 aliphatic carbocycles. The molecule has 3 heteroatoms. The second-order valence-electron chi connectivity index (χ2n) is 3.48. The second kappa shape index (κ2) is 7.28. The topological polar surface area (TPSA) is 35.5 Å². The Balaban J connectivity index is 2.39. The Hall–Kier alpha value is -2.03. The molecule has 0 heterocycles. The van der Waals surface area contributed by atoms with Gasteiger partial charge in [0.25, 0.3) is 0 Å². The molecule has 1 rings (SSSR count). The van der Waals surface area contributed by atoms with E-state index in [4.69, 9.17) is 9.47 Å². The SMILES string of the molecule is C=CCOC=C(C)C(=O)OCc1ccccc1. The minimum atomic E-state index is -0.377. The number of carbonyl (C=O) groups excluding carboxylic acids is 1. The molecule has 0 saturated carbocycles. The van der Waals surface area contributed by atoms with Crippen LogP contribution in [0.4, 0.5) is 0 Å². The lowest BCUT2D eigenvalue weighted by Gasteiger charge is -2.05. The molecular formula is C14H16O3. The van der Waals surface area contributed by atoms with Crippen LogP contribution in [0.3, 0.4) is 0 Å². The summed E-state index contributed by atoms with van der Waals surface area (Å²) in [5.41, 5.74) is 1.39. The predicted octanol–water partition coefficient (Wildman–Crippen LogP) is 2.84. The van der Waals surface area contributed by atoms with Gasteiger partial charge in [0.05, 0.1) is 11.8 Å². The standard InChI is InChI=1S/C14H16O3/c1-3-9-16-10-12(2)14(15)17-11-13-7-5-4-6-8-13/h3-8,10H,1,9,11H2,2H3. The van der Waals surface area contributed by atoms with Gasteiger partial charge in [0, 0.05) is 0 Å². The first-order chi connectivity index (χ1) is 8.24. The number of esters is 1. The highest BCUT2D eigenvalue weighted by molar-refractivity contribution is 5.87. The van der Waals surface area contributed by atoms with Gasteiger partial charge in [-0.25, -0.2) is 4.79 Å². The molecule has 0 aromatic heterocycles. The molecule has 0 aliphatic rings. The maximum absolute atomic E-state index is 11.5. The van der Waals surface area contributed by atoms with E-state index >= 15 is 0 Å². The van der Waals surface area contributed by atoms with Gasteiger partial charge in [-0.1, -0.05) is 43.0 Å². The fraction of sp³-hybridized carbons (Fsp3) is 0.214. The van der Waals surface area contributed by atoms with Crippen molar-refractivity contribution in [1.82, 2.24) is 0 Å². The highest BCUT2D eigenvalue weighted by Gasteiger charge is 2.05. The van der Waals surface area contributed by atoms with Crippen molar-refractivity contribution in [2.24, 2.45) is 0 Å². The zero-order chi connectivity index (χ0) is 12.5. The first-order valence-corrected chi connectivity index (χ1v) is 5.34. The summed E-state index contributed by atoms with van der Waals surface area (Å²) in [6, 6.07) is 9.53. The minimum Gasteiger partial charge on any atom is -0.497 e. The predicted molar refractivity (Wildman–Crippen MR) is 66.1 cm³/mol. The van der Waals surface area contributed by atoms with Crippen molar-refractivity contribution < 1.29 is 14.3 Å². The van der Waals surface area contributed by atoms with Crippen LogP contribution >= 0.6 is 0 Å². The average molecular weight is 232 g/mol. The Morgan fingerprint density at radius 2 is 2.06 bits per heavy atom. The van der Waals surface area contributed by atoms with Crippen molar-refractivity contribution in [3.63, 3.8) is 0 Å². The third-order valence-electron chi connectivity index (χ3n) is 2.01. The van der Waals surface area contributed by atoms with Gasteiger partial charge in [-0.05, 0) is 12.5 Å². The van der Waals surface area contributed by atoms with Crippen molar-refractivity contribution >= 4 is 5.97 Å². The number of benzene rings is 1. The smallest absolute Gasteiger partial charge is 0.337 e. The van der Waals surface area contributed by atoms with Crippen LogP contribution in [0.1, 0.15) is 12.5 Å². The van der Waals surface area contributed by atoms with Crippen LogP contribution in [0.2, 0.25) is 0 Å². The van der Waals surface area contributed by atoms with E-state index in [0.29, 0.717) is 12.2 Å². The molecule has 0 N–H and O–H groups in total. The van der Waals surface area contributed by atoms with E-state index in [1.807, 2.05) is 30.3 Å². The number of ether oxygens (including phenoxy) is 2. The van der Waals surface area contributed by atoms with Crippen molar-refractivity contribution in [3.05, 3.63) is 60.4 Å². The van der Waals surface area contributed by atoms with E-state index in [9.17, 15) is 4.79 Å². The summed E-state index contributed by atoms with van der Waals surface area (Å²) in [6.07, 6.45) is 2.99. The van der Waals surface area contributed by atoms with E-state index in [2.05, 4.69) is 6.58 Å². The highest BCUT2D eigenvalue weighted by Crippen LogP contribution is 2.04. The largest absolute Gasteiger partial charge is 0.497 e. The van der Waals surface area contributed by atoms with Crippen molar-refractivity contribution in [1.29, 1.82) is 0 Å². The summed E-state index contributed by atoms with van der Waals surface area (Å²) >= 11 is 0. The molecule has 1 aromatic carbocycles. The summed E-state index contributed by atoms with van der Waals surface area (Å²) in [6.45, 7) is 5.81. The molecule has 0 bridgehead atoms. The van der Waals surface area contributed by atoms with Crippen molar-refractivity contribution in [2.75, 3.05) is 6.61 Å². The summed E-state index contributed by atoms with van der Waals surface area (Å²) in [7, 11) is 0. The zero-order valence-corrected chi connectivity index (χ0v) is 9.89. The van der Waals surface area contributed by atoms with Crippen LogP contribution in [-0.4, -0.2) is 12.6 Å². The Kier molecular flexibility index (Phi) is 5.58. The minimum absolute atomic E-state index is 0.270. The lowest BCUT2D eigenvalue weighted by Crippen LogP contribution is -2.06. The third kappa shape index (κ3) is 5.02. The van der Waals surface area contributed by atoms with E-state index in [0.717, 1.165) is 5.56 Å². The van der Waals surface area contributed by atoms with E-state index in [1.54, 1.807) is 13.0 Å². The van der Waals surface area contributed by atoms with Crippen LogP contribution < -0.4 is 0 Å². The molecule has 0 saturated heterocycles. The normalized spacial score (nSPS) is 10.8. The zero-order valence-electron chi connectivity index (χ0n) is 9.89. The summed E-state index contributed by atoms with van der Waals surface area (Å²) in [5.74, 6) is -0.377. The number of hydrogen-bond donors (Lipinski definition) is 0. The number of hydrogen-bond acceptors (Lipinski definition) is 3. The molecule has 17 heavy (non-hydrogen) atoms. The van der Waals surface area contributed by atoms with Gasteiger partial charge >= 0.3 is 5.97 Å². The molecule has 0 radical (unpaired) electrons. The van der Waals surface area contributed by atoms with Crippen molar-refractivity contribution in [3.8, 4) is 0 Å². The Morgan fingerprint density at radius 1 is 1.35 bits per heavy atom. The molecule has 1 aromatic rings. The summed E-state index contributed by atoms with van der Waals surface area (Å²) in [4.78, 5) is 11.5. The van der Waals surface area contributed by atoms with Crippen molar-refractivity contribution in [2.45, 2.75) is 13.5 Å². The first-order valence-electron chi connectivity index (χ1n) is 5.34. The van der Waals surface area contributed by atoms with Gasteiger partial charge in [0.1, 0.15) is 13.2 Å². The Morgan fingerprint density at radius 3 is 2.71 bits per heavy atom. The van der Waals surface area contributed by atoms with Gasteiger partial charge in [-0.15, -0.1) is 0 Å². The first kappa shape index (κ1) is 13.0. The fourth-order valence-corrected chi connectivity index (χ4v) is 1.13. The van der Waals surface area contributed by atoms with Crippen LogP contribution in [-0.2, 0) is 20.9 Å². The van der Waals surface area contributed by atoms with Crippen LogP contribution in [0.5, 0.6) is 0 Å². The van der Waals surface area contributed by atoms with E-state index < -0.39 is 0 Å². The van der Waals surface area contributed by atoms with Gasteiger partial charge in [0.2, 0.25) is 0 Å². The number of rotatable bonds is 6. The summed E-state index contributed by atoms with van der Waals surface area (Å²) < 4.78 is 10.1. The molecule has 90 valence electrons. The van der Waals surface area contributed by atoms with Gasteiger partial charge in [0.15, 0.2) is 0 Å². The van der Waals surface area contributed by atoms with E-state index in [-0.39, 0.29) is 12.6 Å². The van der Waals surface area contributed by atoms with Gasteiger partial charge in [-0.3, -0.25) is 0 Å². The molecule has 0 fully saturated rings. The Labute approximate surface area is 101 Å². The molecule has 0 spiro atoms. The number of carbonyl (C=O) groups is 1.